The molecule has 110 valence electrons. The van der Waals surface area contributed by atoms with Gasteiger partial charge in [0.25, 0.3) is 0 Å². The molecular weight excluding hydrogens is 282 g/mol. The van der Waals surface area contributed by atoms with Gasteiger partial charge in [0.05, 0.1) is 13.2 Å². The summed E-state index contributed by atoms with van der Waals surface area (Å²) in [6, 6.07) is 12.4. The van der Waals surface area contributed by atoms with Crippen molar-refractivity contribution in [3.63, 3.8) is 0 Å². The summed E-state index contributed by atoms with van der Waals surface area (Å²) in [5.74, 6) is 1.67. The molecule has 0 radical (unpaired) electrons. The molecule has 0 saturated carbocycles. The average molecular weight is 301 g/mol. The van der Waals surface area contributed by atoms with Crippen molar-refractivity contribution < 1.29 is 9.47 Å². The lowest BCUT2D eigenvalue weighted by molar-refractivity contribution is 0.297. The van der Waals surface area contributed by atoms with Crippen molar-refractivity contribution in [3.05, 3.63) is 47.5 Å². The zero-order valence-corrected chi connectivity index (χ0v) is 12.9. The van der Waals surface area contributed by atoms with Gasteiger partial charge in [0.15, 0.2) is 11.5 Å². The van der Waals surface area contributed by atoms with E-state index in [1.165, 1.54) is 16.0 Å². The summed E-state index contributed by atoms with van der Waals surface area (Å²) < 4.78 is 11.4. The maximum absolute atomic E-state index is 5.85. The normalized spacial score (nSPS) is 13.8. The highest BCUT2D eigenvalue weighted by atomic mass is 32.2. The Bertz CT molecular complexity index is 643. The molecule has 2 aromatic carbocycles. The highest BCUT2D eigenvalue weighted by molar-refractivity contribution is 7.99. The molecule has 4 heteroatoms. The van der Waals surface area contributed by atoms with Gasteiger partial charge in [-0.2, -0.15) is 0 Å². The molecule has 0 atom stereocenters. The Balaban J connectivity index is 1.90. The Morgan fingerprint density at radius 1 is 1.10 bits per heavy atom. The third kappa shape index (κ3) is 3.17. The number of hydrogen-bond donors (Lipinski definition) is 1. The first kappa shape index (κ1) is 14.3. The molecular formula is C17H19NO2S. The Morgan fingerprint density at radius 2 is 1.90 bits per heavy atom. The topological polar surface area (TPSA) is 44.5 Å². The van der Waals surface area contributed by atoms with Gasteiger partial charge in [-0.3, -0.25) is 0 Å². The van der Waals surface area contributed by atoms with E-state index < -0.39 is 0 Å². The van der Waals surface area contributed by atoms with Crippen molar-refractivity contribution in [2.45, 2.75) is 29.7 Å². The Labute approximate surface area is 129 Å². The van der Waals surface area contributed by atoms with E-state index in [9.17, 15) is 0 Å². The zero-order valence-electron chi connectivity index (χ0n) is 12.1. The number of rotatable bonds is 3. The van der Waals surface area contributed by atoms with Gasteiger partial charge in [-0.15, -0.1) is 0 Å². The average Bonchev–Trinajstić information content (AvgIpc) is 2.74. The van der Waals surface area contributed by atoms with E-state index >= 15 is 0 Å². The molecule has 0 fully saturated rings. The largest absolute Gasteiger partial charge is 0.490 e. The molecule has 0 aliphatic carbocycles. The van der Waals surface area contributed by atoms with E-state index in [1.807, 2.05) is 6.07 Å². The van der Waals surface area contributed by atoms with Crippen LogP contribution in [0.15, 0.2) is 46.2 Å². The molecule has 2 aromatic rings. The molecule has 2 N–H and O–H groups in total. The molecule has 0 amide bonds. The van der Waals surface area contributed by atoms with E-state index in [0.717, 1.165) is 22.8 Å². The van der Waals surface area contributed by atoms with Crippen LogP contribution in [0.5, 0.6) is 11.5 Å². The summed E-state index contributed by atoms with van der Waals surface area (Å²) in [6.07, 6.45) is 0.923. The van der Waals surface area contributed by atoms with Gasteiger partial charge < -0.3 is 15.2 Å². The fourth-order valence-corrected chi connectivity index (χ4v) is 3.39. The van der Waals surface area contributed by atoms with Gasteiger partial charge in [0.1, 0.15) is 0 Å². The molecule has 1 aliphatic heterocycles. The minimum absolute atomic E-state index is 0.550. The van der Waals surface area contributed by atoms with Gasteiger partial charge in [-0.25, -0.2) is 0 Å². The molecule has 0 bridgehead atoms. The van der Waals surface area contributed by atoms with Crippen molar-refractivity contribution >= 4 is 11.8 Å². The highest BCUT2D eigenvalue weighted by Crippen LogP contribution is 2.38. The summed E-state index contributed by atoms with van der Waals surface area (Å²) in [5, 5.41) is 0. The number of nitrogens with two attached hydrogens (primary N) is 1. The zero-order chi connectivity index (χ0) is 14.7. The molecule has 21 heavy (non-hydrogen) atoms. The van der Waals surface area contributed by atoms with Gasteiger partial charge >= 0.3 is 0 Å². The Morgan fingerprint density at radius 3 is 2.71 bits per heavy atom. The lowest BCUT2D eigenvalue weighted by Gasteiger charge is -2.13. The number of benzene rings is 2. The summed E-state index contributed by atoms with van der Waals surface area (Å²) in [7, 11) is 0. The fraction of sp³-hybridized carbons (Fsp3) is 0.294. The van der Waals surface area contributed by atoms with Crippen LogP contribution in [0.4, 0.5) is 0 Å². The van der Waals surface area contributed by atoms with Crippen molar-refractivity contribution in [1.82, 2.24) is 0 Å². The maximum atomic E-state index is 5.85. The molecule has 1 aliphatic rings. The summed E-state index contributed by atoms with van der Waals surface area (Å²) in [4.78, 5) is 2.37. The van der Waals surface area contributed by atoms with Crippen LogP contribution >= 0.6 is 11.8 Å². The lowest BCUT2D eigenvalue weighted by atomic mass is 10.1. The van der Waals surface area contributed by atoms with E-state index in [0.29, 0.717) is 19.8 Å². The first-order valence-corrected chi connectivity index (χ1v) is 7.95. The second kappa shape index (κ2) is 6.41. The minimum Gasteiger partial charge on any atom is -0.490 e. The predicted molar refractivity (Wildman–Crippen MR) is 85.2 cm³/mol. The van der Waals surface area contributed by atoms with Gasteiger partial charge in [-0.05, 0) is 36.2 Å². The summed E-state index contributed by atoms with van der Waals surface area (Å²) >= 11 is 1.73. The third-order valence-corrected chi connectivity index (χ3v) is 4.73. The fourth-order valence-electron chi connectivity index (χ4n) is 2.34. The van der Waals surface area contributed by atoms with Crippen LogP contribution in [0, 0.1) is 6.92 Å². The standard InChI is InChI=1S/C17H19NO2S/c1-12-4-2-5-13(11-18)17(12)21-14-6-7-15-16(10-14)20-9-3-8-19-15/h2,4-7,10H,3,8-9,11,18H2,1H3. The van der Waals surface area contributed by atoms with Gasteiger partial charge in [0.2, 0.25) is 0 Å². The molecule has 3 rings (SSSR count). The molecule has 0 saturated heterocycles. The Hall–Kier alpha value is -1.65. The van der Waals surface area contributed by atoms with Crippen LogP contribution in [0.25, 0.3) is 0 Å². The smallest absolute Gasteiger partial charge is 0.162 e. The van der Waals surface area contributed by atoms with E-state index in [-0.39, 0.29) is 0 Å². The SMILES string of the molecule is Cc1cccc(CN)c1Sc1ccc2c(c1)OCCCO2. The first-order chi connectivity index (χ1) is 10.3. The van der Waals surface area contributed by atoms with Gasteiger partial charge in [-0.1, -0.05) is 30.0 Å². The molecule has 0 unspecified atom stereocenters. The third-order valence-electron chi connectivity index (χ3n) is 3.45. The van der Waals surface area contributed by atoms with E-state index in [4.69, 9.17) is 15.2 Å². The maximum Gasteiger partial charge on any atom is 0.162 e. The molecule has 0 aromatic heterocycles. The Kier molecular flexibility index (Phi) is 4.36. The molecule has 0 spiro atoms. The monoisotopic (exact) mass is 301 g/mol. The van der Waals surface area contributed by atoms with Crippen molar-refractivity contribution in [2.75, 3.05) is 13.2 Å². The first-order valence-electron chi connectivity index (χ1n) is 7.14. The van der Waals surface area contributed by atoms with Gasteiger partial charge in [0, 0.05) is 22.8 Å². The van der Waals surface area contributed by atoms with Crippen LogP contribution in [0.3, 0.4) is 0 Å². The van der Waals surface area contributed by atoms with Crippen LogP contribution in [-0.2, 0) is 6.54 Å². The molecule has 3 nitrogen and oxygen atoms in total. The highest BCUT2D eigenvalue weighted by Gasteiger charge is 2.12. The van der Waals surface area contributed by atoms with E-state index in [2.05, 4.69) is 37.3 Å². The number of fused-ring (bicyclic) bond motifs is 1. The minimum atomic E-state index is 0.550. The van der Waals surface area contributed by atoms with Crippen LogP contribution in [0.1, 0.15) is 17.5 Å². The van der Waals surface area contributed by atoms with Crippen LogP contribution in [-0.4, -0.2) is 13.2 Å². The number of hydrogen-bond acceptors (Lipinski definition) is 4. The van der Waals surface area contributed by atoms with Crippen molar-refractivity contribution in [1.29, 1.82) is 0 Å². The van der Waals surface area contributed by atoms with Crippen LogP contribution < -0.4 is 15.2 Å². The second-order valence-corrected chi connectivity index (χ2v) is 6.11. The number of aryl methyl sites for hydroxylation is 1. The van der Waals surface area contributed by atoms with E-state index in [1.54, 1.807) is 11.8 Å². The molecule has 1 heterocycles. The van der Waals surface area contributed by atoms with Crippen LogP contribution in [0.2, 0.25) is 0 Å². The van der Waals surface area contributed by atoms with Crippen molar-refractivity contribution in [3.8, 4) is 11.5 Å². The van der Waals surface area contributed by atoms with Crippen molar-refractivity contribution in [2.24, 2.45) is 5.73 Å². The lowest BCUT2D eigenvalue weighted by Crippen LogP contribution is -1.99. The quantitative estimate of drug-likeness (QED) is 0.937. The predicted octanol–water partition coefficient (Wildman–Crippen LogP) is 3.77. The summed E-state index contributed by atoms with van der Waals surface area (Å²) in [6.45, 7) is 4.09. The summed E-state index contributed by atoms with van der Waals surface area (Å²) in [5.41, 5.74) is 8.27. The number of ether oxygens (including phenoxy) is 2. The second-order valence-electron chi connectivity index (χ2n) is 5.03.